The van der Waals surface area contributed by atoms with Crippen LogP contribution in [0, 0.1) is 0 Å². The van der Waals surface area contributed by atoms with Gasteiger partial charge in [-0.15, -0.1) is 0 Å². The molecule has 0 bridgehead atoms. The lowest BCUT2D eigenvalue weighted by Gasteiger charge is -2.10. The summed E-state index contributed by atoms with van der Waals surface area (Å²) in [4.78, 5) is -0.0218. The number of hydrogen-bond acceptors (Lipinski definition) is 6. The molecule has 0 heterocycles. The van der Waals surface area contributed by atoms with Crippen LogP contribution < -0.4 is 8.37 Å². The molecule has 0 saturated carbocycles. The molecule has 3 aromatic rings. The summed E-state index contributed by atoms with van der Waals surface area (Å²) < 4.78 is 59.0. The molecule has 0 spiro atoms. The Morgan fingerprint density at radius 2 is 0.885 bits per heavy atom. The van der Waals surface area contributed by atoms with Gasteiger partial charge in [0.05, 0.1) is 0 Å². The quantitative estimate of drug-likeness (QED) is 0.601. The van der Waals surface area contributed by atoms with Crippen LogP contribution in [-0.2, 0) is 20.2 Å². The Morgan fingerprint density at radius 1 is 0.500 bits per heavy atom. The van der Waals surface area contributed by atoms with Crippen molar-refractivity contribution in [2.75, 3.05) is 0 Å². The minimum Gasteiger partial charge on any atom is -0.379 e. The van der Waals surface area contributed by atoms with Gasteiger partial charge in [0.2, 0.25) is 0 Å². The molecule has 0 aliphatic rings. The van der Waals surface area contributed by atoms with E-state index in [2.05, 4.69) is 0 Å². The first-order valence-corrected chi connectivity index (χ1v) is 10.3. The molecule has 26 heavy (non-hydrogen) atoms. The topological polar surface area (TPSA) is 86.7 Å². The van der Waals surface area contributed by atoms with E-state index in [0.717, 1.165) is 0 Å². The Bertz CT molecular complexity index is 1010. The lowest BCUT2D eigenvalue weighted by atomic mass is 10.3. The van der Waals surface area contributed by atoms with E-state index in [4.69, 9.17) is 8.37 Å². The summed E-state index contributed by atoms with van der Waals surface area (Å²) in [6, 6.07) is 20.7. The first-order chi connectivity index (χ1) is 12.4. The highest BCUT2D eigenvalue weighted by Gasteiger charge is 2.19. The molecule has 134 valence electrons. The summed E-state index contributed by atoms with van der Waals surface area (Å²) in [5.41, 5.74) is 0. The van der Waals surface area contributed by atoms with E-state index in [0.29, 0.717) is 0 Å². The average Bonchev–Trinajstić information content (AvgIpc) is 2.63. The van der Waals surface area contributed by atoms with Crippen LogP contribution in [0.2, 0.25) is 0 Å². The minimum absolute atomic E-state index is 0.0109. The van der Waals surface area contributed by atoms with Crippen molar-refractivity contribution in [2.24, 2.45) is 0 Å². The van der Waals surface area contributed by atoms with Crippen LogP contribution in [-0.4, -0.2) is 16.8 Å². The van der Waals surface area contributed by atoms with E-state index >= 15 is 0 Å². The van der Waals surface area contributed by atoms with Gasteiger partial charge in [0.1, 0.15) is 21.3 Å². The fourth-order valence-electron chi connectivity index (χ4n) is 2.10. The monoisotopic (exact) mass is 390 g/mol. The molecule has 0 amide bonds. The SMILES string of the molecule is O=S(=O)(Oc1cccc(OS(=O)(=O)c2ccccc2)c1)c1ccccc1. The minimum atomic E-state index is -4.03. The van der Waals surface area contributed by atoms with Gasteiger partial charge in [0.25, 0.3) is 0 Å². The largest absolute Gasteiger partial charge is 0.379 e. The van der Waals surface area contributed by atoms with E-state index < -0.39 is 20.2 Å². The number of benzene rings is 3. The van der Waals surface area contributed by atoms with Gasteiger partial charge in [-0.05, 0) is 36.4 Å². The molecule has 0 aliphatic heterocycles. The lowest BCUT2D eigenvalue weighted by Crippen LogP contribution is -2.11. The van der Waals surface area contributed by atoms with Gasteiger partial charge in [-0.1, -0.05) is 42.5 Å². The summed E-state index contributed by atoms with van der Waals surface area (Å²) in [7, 11) is -8.06. The molecular weight excluding hydrogens is 376 g/mol. The molecular formula is C18H14O6S2. The molecule has 0 radical (unpaired) electrons. The van der Waals surface area contributed by atoms with E-state index in [1.807, 2.05) is 0 Å². The van der Waals surface area contributed by atoms with Crippen molar-refractivity contribution in [3.05, 3.63) is 84.9 Å². The van der Waals surface area contributed by atoms with Crippen molar-refractivity contribution in [2.45, 2.75) is 9.79 Å². The van der Waals surface area contributed by atoms with Gasteiger partial charge < -0.3 is 8.37 Å². The Hall–Kier alpha value is -2.84. The molecule has 0 aliphatic carbocycles. The van der Waals surface area contributed by atoms with Gasteiger partial charge in [-0.2, -0.15) is 16.8 Å². The van der Waals surface area contributed by atoms with Crippen LogP contribution in [0.5, 0.6) is 11.5 Å². The summed E-state index contributed by atoms with van der Waals surface area (Å²) in [6.45, 7) is 0. The summed E-state index contributed by atoms with van der Waals surface area (Å²) >= 11 is 0. The van der Waals surface area contributed by atoms with Crippen LogP contribution in [0.4, 0.5) is 0 Å². The highest BCUT2D eigenvalue weighted by atomic mass is 32.2. The van der Waals surface area contributed by atoms with Crippen LogP contribution in [0.25, 0.3) is 0 Å². The third-order valence-corrected chi connectivity index (χ3v) is 5.80. The molecule has 0 aromatic heterocycles. The Balaban J connectivity index is 1.83. The summed E-state index contributed by atoms with van der Waals surface area (Å²) in [5.74, 6) is -0.121. The lowest BCUT2D eigenvalue weighted by molar-refractivity contribution is 0.476. The zero-order valence-electron chi connectivity index (χ0n) is 13.3. The molecule has 0 unspecified atom stereocenters. The Labute approximate surface area is 151 Å². The zero-order chi connectivity index (χ0) is 18.6. The van der Waals surface area contributed by atoms with Crippen molar-refractivity contribution >= 4 is 20.2 Å². The van der Waals surface area contributed by atoms with Gasteiger partial charge in [-0.3, -0.25) is 0 Å². The average molecular weight is 390 g/mol. The fraction of sp³-hybridized carbons (Fsp3) is 0. The maximum Gasteiger partial charge on any atom is 0.339 e. The molecule has 3 aromatic carbocycles. The Kier molecular flexibility index (Phi) is 4.97. The van der Waals surface area contributed by atoms with Crippen molar-refractivity contribution in [3.63, 3.8) is 0 Å². The Morgan fingerprint density at radius 3 is 1.27 bits per heavy atom. The van der Waals surface area contributed by atoms with Crippen LogP contribution in [0.3, 0.4) is 0 Å². The second-order valence-corrected chi connectivity index (χ2v) is 8.27. The smallest absolute Gasteiger partial charge is 0.339 e. The number of rotatable bonds is 6. The van der Waals surface area contributed by atoms with E-state index in [-0.39, 0.29) is 21.3 Å². The van der Waals surface area contributed by atoms with Gasteiger partial charge in [0.15, 0.2) is 0 Å². The molecule has 0 N–H and O–H groups in total. The zero-order valence-corrected chi connectivity index (χ0v) is 15.0. The van der Waals surface area contributed by atoms with Crippen molar-refractivity contribution in [3.8, 4) is 11.5 Å². The molecule has 3 rings (SSSR count). The normalized spacial score (nSPS) is 11.7. The third kappa shape index (κ3) is 4.22. The summed E-state index contributed by atoms with van der Waals surface area (Å²) in [6.07, 6.45) is 0. The van der Waals surface area contributed by atoms with Gasteiger partial charge >= 0.3 is 20.2 Å². The molecule has 0 fully saturated rings. The second-order valence-electron chi connectivity index (χ2n) is 5.18. The van der Waals surface area contributed by atoms with Crippen LogP contribution in [0.1, 0.15) is 0 Å². The highest BCUT2D eigenvalue weighted by Crippen LogP contribution is 2.25. The van der Waals surface area contributed by atoms with E-state index in [9.17, 15) is 16.8 Å². The van der Waals surface area contributed by atoms with Crippen molar-refractivity contribution in [1.29, 1.82) is 0 Å². The highest BCUT2D eigenvalue weighted by molar-refractivity contribution is 7.87. The maximum absolute atomic E-state index is 12.2. The fourth-order valence-corrected chi connectivity index (χ4v) is 3.99. The first-order valence-electron chi connectivity index (χ1n) is 7.46. The van der Waals surface area contributed by atoms with Crippen LogP contribution >= 0.6 is 0 Å². The second kappa shape index (κ2) is 7.19. The molecule has 8 heteroatoms. The van der Waals surface area contributed by atoms with Crippen molar-refractivity contribution < 1.29 is 25.2 Å². The predicted molar refractivity (Wildman–Crippen MR) is 95.0 cm³/mol. The first kappa shape index (κ1) is 18.0. The number of hydrogen-bond donors (Lipinski definition) is 0. The van der Waals surface area contributed by atoms with Crippen LogP contribution in [0.15, 0.2) is 94.7 Å². The third-order valence-electron chi connectivity index (χ3n) is 3.28. The molecule has 0 saturated heterocycles. The molecule has 6 nitrogen and oxygen atoms in total. The van der Waals surface area contributed by atoms with E-state index in [1.165, 1.54) is 48.5 Å². The van der Waals surface area contributed by atoms with Gasteiger partial charge in [0, 0.05) is 6.07 Å². The van der Waals surface area contributed by atoms with Crippen molar-refractivity contribution in [1.82, 2.24) is 0 Å². The molecule has 0 atom stereocenters. The maximum atomic E-state index is 12.2. The van der Waals surface area contributed by atoms with Gasteiger partial charge in [-0.25, -0.2) is 0 Å². The standard InChI is InChI=1S/C18H14O6S2/c19-25(20,17-10-3-1-4-11-17)23-15-8-7-9-16(14-15)24-26(21,22)18-12-5-2-6-13-18/h1-14H. The predicted octanol–water partition coefficient (Wildman–Crippen LogP) is 3.22. The van der Waals surface area contributed by atoms with E-state index in [1.54, 1.807) is 36.4 Å². The summed E-state index contributed by atoms with van der Waals surface area (Å²) in [5, 5.41) is 0.